The van der Waals surface area contributed by atoms with Gasteiger partial charge in [0.05, 0.1) is 19.1 Å². The fraction of sp³-hybridized carbons (Fsp3) is 0.857. The summed E-state index contributed by atoms with van der Waals surface area (Å²) in [7, 11) is 3.37. The van der Waals surface area contributed by atoms with Gasteiger partial charge in [0.2, 0.25) is 11.8 Å². The van der Waals surface area contributed by atoms with Crippen LogP contribution in [0.1, 0.15) is 12.8 Å². The van der Waals surface area contributed by atoms with Crippen molar-refractivity contribution in [2.45, 2.75) is 24.9 Å². The average molecular weight is 299 g/mol. The van der Waals surface area contributed by atoms with Gasteiger partial charge in [0.15, 0.2) is 0 Å². The van der Waals surface area contributed by atoms with E-state index < -0.39 is 0 Å². The van der Waals surface area contributed by atoms with Gasteiger partial charge in [-0.15, -0.1) is 0 Å². The third kappa shape index (κ3) is 4.15. The maximum Gasteiger partial charge on any atom is 0.248 e. The molecule has 2 rings (SSSR count). The van der Waals surface area contributed by atoms with Crippen LogP contribution in [-0.4, -0.2) is 75.9 Å². The Labute approximate surface area is 125 Å². The summed E-state index contributed by atoms with van der Waals surface area (Å²) in [6.07, 6.45) is 1.58. The lowest BCUT2D eigenvalue weighted by Gasteiger charge is -2.33. The zero-order valence-electron chi connectivity index (χ0n) is 12.8. The second-order valence-corrected chi connectivity index (χ2v) is 5.64. The number of likely N-dealkylation sites (tertiary alicyclic amines) is 1. The van der Waals surface area contributed by atoms with Crippen molar-refractivity contribution < 1.29 is 19.1 Å². The van der Waals surface area contributed by atoms with Crippen LogP contribution in [0.4, 0.5) is 0 Å². The first-order valence-corrected chi connectivity index (χ1v) is 7.47. The van der Waals surface area contributed by atoms with E-state index in [-0.39, 0.29) is 36.4 Å². The molecule has 2 unspecified atom stereocenters. The molecule has 2 saturated heterocycles. The molecule has 2 N–H and O–H groups in total. The quantitative estimate of drug-likeness (QED) is 0.679. The minimum atomic E-state index is -0.122. The molecule has 0 saturated carbocycles. The van der Waals surface area contributed by atoms with Crippen LogP contribution < -0.4 is 10.6 Å². The molecule has 120 valence electrons. The van der Waals surface area contributed by atoms with E-state index >= 15 is 0 Å². The SMILES string of the molecule is CNC1COCC1C(=O)NC1CCN(C(=O)COC)CC1. The summed E-state index contributed by atoms with van der Waals surface area (Å²) >= 11 is 0. The van der Waals surface area contributed by atoms with Crippen LogP contribution in [0, 0.1) is 5.92 Å². The van der Waals surface area contributed by atoms with Crippen molar-refractivity contribution >= 4 is 11.8 Å². The average Bonchev–Trinajstić information content (AvgIpc) is 2.97. The zero-order valence-corrected chi connectivity index (χ0v) is 12.8. The van der Waals surface area contributed by atoms with Crippen molar-refractivity contribution in [1.82, 2.24) is 15.5 Å². The molecule has 2 heterocycles. The van der Waals surface area contributed by atoms with Crippen molar-refractivity contribution in [3.8, 4) is 0 Å². The molecule has 0 aromatic heterocycles. The van der Waals surface area contributed by atoms with Crippen LogP contribution >= 0.6 is 0 Å². The van der Waals surface area contributed by atoms with Gasteiger partial charge in [-0.3, -0.25) is 9.59 Å². The lowest BCUT2D eigenvalue weighted by atomic mass is 10.00. The third-order valence-electron chi connectivity index (χ3n) is 4.25. The summed E-state index contributed by atoms with van der Waals surface area (Å²) in [4.78, 5) is 25.8. The molecule has 0 aliphatic carbocycles. The Morgan fingerprint density at radius 2 is 2.00 bits per heavy atom. The Balaban J connectivity index is 1.75. The molecule has 0 bridgehead atoms. The van der Waals surface area contributed by atoms with E-state index in [1.54, 1.807) is 4.90 Å². The molecule has 2 aliphatic rings. The third-order valence-corrected chi connectivity index (χ3v) is 4.25. The van der Waals surface area contributed by atoms with E-state index in [1.807, 2.05) is 7.05 Å². The van der Waals surface area contributed by atoms with Crippen LogP contribution in [-0.2, 0) is 19.1 Å². The Morgan fingerprint density at radius 1 is 1.29 bits per heavy atom. The molecule has 21 heavy (non-hydrogen) atoms. The van der Waals surface area contributed by atoms with Crippen LogP contribution in [0.15, 0.2) is 0 Å². The summed E-state index contributed by atoms with van der Waals surface area (Å²) < 4.78 is 10.2. The van der Waals surface area contributed by atoms with Gasteiger partial charge < -0.3 is 25.0 Å². The number of ether oxygens (including phenoxy) is 2. The fourth-order valence-electron chi connectivity index (χ4n) is 2.89. The molecule has 2 atom stereocenters. The number of likely N-dealkylation sites (N-methyl/N-ethyl adjacent to an activating group) is 1. The van der Waals surface area contributed by atoms with E-state index in [9.17, 15) is 9.59 Å². The van der Waals surface area contributed by atoms with Crippen LogP contribution in [0.2, 0.25) is 0 Å². The van der Waals surface area contributed by atoms with Gasteiger partial charge in [0, 0.05) is 32.3 Å². The predicted molar refractivity (Wildman–Crippen MR) is 76.8 cm³/mol. The highest BCUT2D eigenvalue weighted by Crippen LogP contribution is 2.16. The number of carbonyl (C=O) groups excluding carboxylic acids is 2. The van der Waals surface area contributed by atoms with E-state index in [4.69, 9.17) is 9.47 Å². The van der Waals surface area contributed by atoms with Crippen molar-refractivity contribution in [3.05, 3.63) is 0 Å². The van der Waals surface area contributed by atoms with E-state index in [1.165, 1.54) is 7.11 Å². The number of nitrogens with one attached hydrogen (secondary N) is 2. The molecule has 2 aliphatic heterocycles. The Kier molecular flexibility index (Phi) is 5.96. The first-order valence-electron chi connectivity index (χ1n) is 7.47. The van der Waals surface area contributed by atoms with Crippen LogP contribution in [0.25, 0.3) is 0 Å². The topological polar surface area (TPSA) is 79.9 Å². The first-order chi connectivity index (χ1) is 10.2. The Hall–Kier alpha value is -1.18. The van der Waals surface area contributed by atoms with E-state index in [0.29, 0.717) is 26.3 Å². The van der Waals surface area contributed by atoms with E-state index in [2.05, 4.69) is 10.6 Å². The molecule has 2 amide bonds. The normalized spacial score (nSPS) is 26.9. The van der Waals surface area contributed by atoms with Gasteiger partial charge >= 0.3 is 0 Å². The highest BCUT2D eigenvalue weighted by atomic mass is 16.5. The Bertz CT molecular complexity index is 369. The van der Waals surface area contributed by atoms with Gasteiger partial charge in [-0.2, -0.15) is 0 Å². The first kappa shape index (κ1) is 16.2. The Morgan fingerprint density at radius 3 is 2.62 bits per heavy atom. The van der Waals surface area contributed by atoms with Crippen LogP contribution in [0.3, 0.4) is 0 Å². The number of hydrogen-bond acceptors (Lipinski definition) is 5. The molecule has 0 radical (unpaired) electrons. The smallest absolute Gasteiger partial charge is 0.248 e. The molecule has 0 aromatic carbocycles. The summed E-state index contributed by atoms with van der Waals surface area (Å²) in [5.41, 5.74) is 0. The molecule has 2 fully saturated rings. The van der Waals surface area contributed by atoms with Gasteiger partial charge in [-0.05, 0) is 19.9 Å². The van der Waals surface area contributed by atoms with Gasteiger partial charge in [0.25, 0.3) is 0 Å². The monoisotopic (exact) mass is 299 g/mol. The molecule has 0 spiro atoms. The number of methoxy groups -OCH3 is 1. The summed E-state index contributed by atoms with van der Waals surface area (Å²) in [6.45, 7) is 2.52. The summed E-state index contributed by atoms with van der Waals surface area (Å²) in [6, 6.07) is 0.232. The number of nitrogens with zero attached hydrogens (tertiary/aromatic N) is 1. The highest BCUT2D eigenvalue weighted by Gasteiger charge is 2.34. The van der Waals surface area contributed by atoms with Crippen molar-refractivity contribution in [2.24, 2.45) is 5.92 Å². The van der Waals surface area contributed by atoms with Crippen LogP contribution in [0.5, 0.6) is 0 Å². The molecule has 0 aromatic rings. The second kappa shape index (κ2) is 7.72. The second-order valence-electron chi connectivity index (χ2n) is 5.64. The summed E-state index contributed by atoms with van der Waals surface area (Å²) in [5.74, 6) is -0.0570. The lowest BCUT2D eigenvalue weighted by Crippen LogP contribution is -2.50. The molecule has 7 heteroatoms. The van der Waals surface area contributed by atoms with Crippen molar-refractivity contribution in [1.29, 1.82) is 0 Å². The van der Waals surface area contributed by atoms with Crippen molar-refractivity contribution in [2.75, 3.05) is 47.1 Å². The maximum atomic E-state index is 12.3. The van der Waals surface area contributed by atoms with Crippen molar-refractivity contribution in [3.63, 3.8) is 0 Å². The number of carbonyl (C=O) groups is 2. The predicted octanol–water partition coefficient (Wildman–Crippen LogP) is -1.03. The minimum Gasteiger partial charge on any atom is -0.379 e. The number of amides is 2. The molecule has 7 nitrogen and oxygen atoms in total. The van der Waals surface area contributed by atoms with Gasteiger partial charge in [-0.1, -0.05) is 0 Å². The van der Waals surface area contributed by atoms with Gasteiger partial charge in [0.1, 0.15) is 6.61 Å². The standard InChI is InChI=1S/C14H25N3O4/c1-15-12-8-21-7-11(12)14(19)16-10-3-5-17(6-4-10)13(18)9-20-2/h10-12,15H,3-9H2,1-2H3,(H,16,19). The largest absolute Gasteiger partial charge is 0.379 e. The summed E-state index contributed by atoms with van der Waals surface area (Å²) in [5, 5.41) is 6.20. The number of rotatable bonds is 5. The number of piperidine rings is 1. The zero-order chi connectivity index (χ0) is 15.2. The minimum absolute atomic E-state index is 0.0155. The fourth-order valence-corrected chi connectivity index (χ4v) is 2.89. The van der Waals surface area contributed by atoms with E-state index in [0.717, 1.165) is 12.8 Å². The van der Waals surface area contributed by atoms with Gasteiger partial charge in [-0.25, -0.2) is 0 Å². The molecular formula is C14H25N3O4. The molecular weight excluding hydrogens is 274 g/mol. The lowest BCUT2D eigenvalue weighted by molar-refractivity contribution is -0.136. The highest BCUT2D eigenvalue weighted by molar-refractivity contribution is 5.80. The number of hydrogen-bond donors (Lipinski definition) is 2. The maximum absolute atomic E-state index is 12.3.